The van der Waals surface area contributed by atoms with Gasteiger partial charge >= 0.3 is 6.18 Å². The maximum atomic E-state index is 13.1. The molecular weight excluding hydrogens is 233 g/mol. The van der Waals surface area contributed by atoms with E-state index in [1.165, 1.54) is 0 Å². The van der Waals surface area contributed by atoms with Crippen molar-refractivity contribution in [1.82, 2.24) is 4.98 Å². The zero-order valence-electron chi connectivity index (χ0n) is 8.15. The van der Waals surface area contributed by atoms with E-state index in [2.05, 4.69) is 4.98 Å². The number of rotatable bonds is 2. The molecule has 0 aliphatic heterocycles. The number of pyridine rings is 1. The summed E-state index contributed by atoms with van der Waals surface area (Å²) in [5.74, 6) is -3.60. The molecule has 16 heavy (non-hydrogen) atoms. The number of nitrogens with zero attached hydrogens (tertiary/aromatic N) is 2. The van der Waals surface area contributed by atoms with E-state index >= 15 is 0 Å². The molecule has 1 heterocycles. The van der Waals surface area contributed by atoms with E-state index in [9.17, 15) is 22.0 Å². The highest BCUT2D eigenvalue weighted by atomic mass is 19.4. The quantitative estimate of drug-likeness (QED) is 0.804. The second-order valence-electron chi connectivity index (χ2n) is 3.13. The van der Waals surface area contributed by atoms with Crippen LogP contribution in [0.5, 0.6) is 0 Å². The molecule has 2 N–H and O–H groups in total. The lowest BCUT2D eigenvalue weighted by Gasteiger charge is -2.20. The minimum Gasteiger partial charge on any atom is -0.381 e. The van der Waals surface area contributed by atoms with Crippen LogP contribution < -0.4 is 10.6 Å². The molecule has 0 bridgehead atoms. The smallest absolute Gasteiger partial charge is 0.381 e. The second-order valence-corrected chi connectivity index (χ2v) is 3.13. The Morgan fingerprint density at radius 2 is 1.88 bits per heavy atom. The van der Waals surface area contributed by atoms with Crippen LogP contribution in [0.1, 0.15) is 0 Å². The Balaban J connectivity index is 3.00. The average molecular weight is 241 g/mol. The molecule has 1 rings (SSSR count). The van der Waals surface area contributed by atoms with Crippen LogP contribution in [0.25, 0.3) is 0 Å². The number of nitrogens with two attached hydrogens (primary N) is 1. The fourth-order valence-corrected chi connectivity index (χ4v) is 1.08. The molecule has 0 fully saturated rings. The third-order valence-corrected chi connectivity index (χ3v) is 1.72. The van der Waals surface area contributed by atoms with Crippen molar-refractivity contribution in [3.05, 3.63) is 17.7 Å². The summed E-state index contributed by atoms with van der Waals surface area (Å²) in [4.78, 5) is 3.72. The lowest BCUT2D eigenvalue weighted by molar-refractivity contribution is -0.119. The maximum absolute atomic E-state index is 13.1. The van der Waals surface area contributed by atoms with E-state index in [-0.39, 0.29) is 0 Å². The molecule has 3 nitrogen and oxygen atoms in total. The van der Waals surface area contributed by atoms with Crippen molar-refractivity contribution in [3.63, 3.8) is 0 Å². The molecule has 0 saturated carbocycles. The molecule has 0 saturated heterocycles. The van der Waals surface area contributed by atoms with Crippen LogP contribution in [0.4, 0.5) is 33.6 Å². The molecule has 0 aromatic carbocycles. The van der Waals surface area contributed by atoms with E-state index in [0.29, 0.717) is 11.0 Å². The highest BCUT2D eigenvalue weighted by Crippen LogP contribution is 2.23. The Bertz CT molecular complexity index is 390. The normalized spacial score (nSPS) is 11.6. The summed E-state index contributed by atoms with van der Waals surface area (Å²) in [5.41, 5.74) is 5.03. The highest BCUT2D eigenvalue weighted by molar-refractivity contribution is 5.46. The van der Waals surface area contributed by atoms with Gasteiger partial charge in [-0.3, -0.25) is 0 Å². The lowest BCUT2D eigenvalue weighted by atomic mass is 10.3. The van der Waals surface area contributed by atoms with Gasteiger partial charge in [0.05, 0.1) is 0 Å². The van der Waals surface area contributed by atoms with Gasteiger partial charge in [0.25, 0.3) is 0 Å². The number of aromatic nitrogens is 1. The fraction of sp³-hybridized carbons (Fsp3) is 0.375. The van der Waals surface area contributed by atoms with E-state index in [1.54, 1.807) is 0 Å². The van der Waals surface area contributed by atoms with Gasteiger partial charge in [-0.25, -0.2) is 13.8 Å². The summed E-state index contributed by atoms with van der Waals surface area (Å²) >= 11 is 0. The first kappa shape index (κ1) is 12.5. The van der Waals surface area contributed by atoms with E-state index in [1.807, 2.05) is 0 Å². The van der Waals surface area contributed by atoms with Crippen LogP contribution in [0, 0.1) is 11.6 Å². The minimum atomic E-state index is -4.51. The van der Waals surface area contributed by atoms with Crippen molar-refractivity contribution in [2.75, 3.05) is 24.2 Å². The molecule has 0 aliphatic carbocycles. The van der Waals surface area contributed by atoms with Crippen molar-refractivity contribution in [2.24, 2.45) is 0 Å². The van der Waals surface area contributed by atoms with Gasteiger partial charge in [0.2, 0.25) is 0 Å². The third kappa shape index (κ3) is 2.94. The number of nitrogen functional groups attached to an aromatic ring is 1. The summed E-state index contributed by atoms with van der Waals surface area (Å²) in [6.45, 7) is -1.40. The second kappa shape index (κ2) is 4.11. The zero-order chi connectivity index (χ0) is 12.5. The number of alkyl halides is 3. The van der Waals surface area contributed by atoms with Crippen molar-refractivity contribution >= 4 is 11.6 Å². The first-order valence-corrected chi connectivity index (χ1v) is 4.10. The van der Waals surface area contributed by atoms with Crippen LogP contribution in [-0.2, 0) is 0 Å². The van der Waals surface area contributed by atoms with Gasteiger partial charge in [0.1, 0.15) is 6.54 Å². The Kier molecular flexibility index (Phi) is 3.20. The van der Waals surface area contributed by atoms with E-state index < -0.39 is 36.0 Å². The summed E-state index contributed by atoms with van der Waals surface area (Å²) in [6, 6.07) is 0.393. The SMILES string of the molecule is CN(CC(F)(F)F)c1nc(N)c(F)cc1F. The van der Waals surface area contributed by atoms with Crippen molar-refractivity contribution in [2.45, 2.75) is 6.18 Å². The van der Waals surface area contributed by atoms with Gasteiger partial charge in [0, 0.05) is 13.1 Å². The van der Waals surface area contributed by atoms with Gasteiger partial charge in [-0.15, -0.1) is 0 Å². The van der Waals surface area contributed by atoms with Crippen molar-refractivity contribution < 1.29 is 22.0 Å². The molecule has 8 heteroatoms. The topological polar surface area (TPSA) is 42.2 Å². The largest absolute Gasteiger partial charge is 0.405 e. The van der Waals surface area contributed by atoms with E-state index in [0.717, 1.165) is 7.05 Å². The first-order valence-electron chi connectivity index (χ1n) is 4.10. The molecule has 0 amide bonds. The molecule has 0 aliphatic rings. The molecule has 0 spiro atoms. The Morgan fingerprint density at radius 3 is 2.38 bits per heavy atom. The van der Waals surface area contributed by atoms with Crippen LogP contribution >= 0.6 is 0 Å². The molecule has 0 unspecified atom stereocenters. The number of halogens is 5. The monoisotopic (exact) mass is 241 g/mol. The summed E-state index contributed by atoms with van der Waals surface area (Å²) in [6.07, 6.45) is -4.51. The highest BCUT2D eigenvalue weighted by Gasteiger charge is 2.31. The Labute approximate surface area is 87.7 Å². The molecule has 90 valence electrons. The average Bonchev–Trinajstić information content (AvgIpc) is 2.08. The summed E-state index contributed by atoms with van der Waals surface area (Å²) in [5, 5.41) is 0. The van der Waals surface area contributed by atoms with Gasteiger partial charge in [-0.2, -0.15) is 13.2 Å². The summed E-state index contributed by atoms with van der Waals surface area (Å²) < 4.78 is 61.8. The third-order valence-electron chi connectivity index (χ3n) is 1.72. The van der Waals surface area contributed by atoms with Crippen LogP contribution in [-0.4, -0.2) is 24.8 Å². The lowest BCUT2D eigenvalue weighted by Crippen LogP contribution is -2.32. The van der Waals surface area contributed by atoms with E-state index in [4.69, 9.17) is 5.73 Å². The Morgan fingerprint density at radius 1 is 1.31 bits per heavy atom. The van der Waals surface area contributed by atoms with Crippen molar-refractivity contribution in [1.29, 1.82) is 0 Å². The fourth-order valence-electron chi connectivity index (χ4n) is 1.08. The number of hydrogen-bond donors (Lipinski definition) is 1. The predicted molar refractivity (Wildman–Crippen MR) is 47.9 cm³/mol. The molecule has 0 atom stereocenters. The van der Waals surface area contributed by atoms with Gasteiger partial charge < -0.3 is 10.6 Å². The van der Waals surface area contributed by atoms with Crippen molar-refractivity contribution in [3.8, 4) is 0 Å². The number of hydrogen-bond acceptors (Lipinski definition) is 3. The molecule has 0 radical (unpaired) electrons. The first-order chi connectivity index (χ1) is 7.20. The Hall–Kier alpha value is -1.60. The van der Waals surface area contributed by atoms with Gasteiger partial charge in [0.15, 0.2) is 23.3 Å². The molecular formula is C8H8F5N3. The van der Waals surface area contributed by atoms with Gasteiger partial charge in [-0.1, -0.05) is 0 Å². The number of anilines is 2. The van der Waals surface area contributed by atoms with Gasteiger partial charge in [-0.05, 0) is 0 Å². The maximum Gasteiger partial charge on any atom is 0.405 e. The minimum absolute atomic E-state index is 0.393. The van der Waals surface area contributed by atoms with Crippen LogP contribution in [0.2, 0.25) is 0 Å². The predicted octanol–water partition coefficient (Wildman–Crippen LogP) is 1.94. The molecule has 1 aromatic rings. The standard InChI is InChI=1S/C8H8F5N3/c1-16(3-8(11,12)13)7-5(10)2-4(9)6(14)15-7/h2H,3H2,1H3,(H2,14,15). The zero-order valence-corrected chi connectivity index (χ0v) is 8.15. The van der Waals surface area contributed by atoms with Crippen LogP contribution in [0.3, 0.4) is 0 Å². The molecule has 1 aromatic heterocycles. The van der Waals surface area contributed by atoms with Crippen LogP contribution in [0.15, 0.2) is 6.07 Å². The summed E-state index contributed by atoms with van der Waals surface area (Å²) in [7, 11) is 0.982.